The summed E-state index contributed by atoms with van der Waals surface area (Å²) in [7, 11) is 7.88. The number of likely N-dealkylation sites (N-methyl/N-ethyl adjacent to an activating group) is 2. The van der Waals surface area contributed by atoms with Gasteiger partial charge in [-0.1, -0.05) is 109 Å². The zero-order valence-electron chi connectivity index (χ0n) is 32.8. The van der Waals surface area contributed by atoms with Crippen LogP contribution in [0.4, 0.5) is 0 Å². The van der Waals surface area contributed by atoms with E-state index in [0.29, 0.717) is 0 Å². The predicted octanol–water partition coefficient (Wildman–Crippen LogP) is 8.19. The molecule has 4 aromatic carbocycles. The number of rotatable bonds is 11. The van der Waals surface area contributed by atoms with Crippen LogP contribution >= 0.6 is 0 Å². The Morgan fingerprint density at radius 3 is 1.66 bits per heavy atom. The van der Waals surface area contributed by atoms with Gasteiger partial charge in [0.1, 0.15) is 17.9 Å². The van der Waals surface area contributed by atoms with E-state index >= 15 is 0 Å². The molecule has 0 aliphatic carbocycles. The number of hydrogen-bond acceptors (Lipinski definition) is 6. The van der Waals surface area contributed by atoms with E-state index in [9.17, 15) is 9.59 Å². The number of carbonyl (C=O) groups is 2. The topological polar surface area (TPSA) is 88.1 Å². The molecule has 0 bridgehead atoms. The fourth-order valence-corrected chi connectivity index (χ4v) is 8.80. The Morgan fingerprint density at radius 1 is 0.643 bits per heavy atom. The van der Waals surface area contributed by atoms with Crippen LogP contribution in [0.5, 0.6) is 0 Å². The molecule has 2 saturated heterocycles. The summed E-state index contributed by atoms with van der Waals surface area (Å²) in [6, 6.07) is 36.6. The zero-order valence-corrected chi connectivity index (χ0v) is 32.8. The average molecular weight is 746 g/mol. The number of aliphatic imine (C=N–C) groups is 1. The molecular formula is C47H51N7O2. The predicted molar refractivity (Wildman–Crippen MR) is 224 cm³/mol. The molecule has 1 N–H and O–H groups in total. The molecular weight excluding hydrogens is 695 g/mol. The highest BCUT2D eigenvalue weighted by molar-refractivity contribution is 6.03. The van der Waals surface area contributed by atoms with Crippen molar-refractivity contribution in [3.63, 3.8) is 0 Å². The van der Waals surface area contributed by atoms with Gasteiger partial charge in [-0.2, -0.15) is 0 Å². The first-order chi connectivity index (χ1) is 27.3. The summed E-state index contributed by atoms with van der Waals surface area (Å²) in [5.74, 6) is 1.09. The molecule has 0 unspecified atom stereocenters. The van der Waals surface area contributed by atoms with Crippen LogP contribution in [-0.4, -0.2) is 94.4 Å². The minimum absolute atomic E-state index is 0.0285. The van der Waals surface area contributed by atoms with Crippen LogP contribution in [0.2, 0.25) is 0 Å². The van der Waals surface area contributed by atoms with Gasteiger partial charge in [0.05, 0.1) is 24.0 Å². The van der Waals surface area contributed by atoms with Crippen molar-refractivity contribution in [2.24, 2.45) is 4.99 Å². The van der Waals surface area contributed by atoms with Crippen molar-refractivity contribution >= 4 is 23.1 Å². The van der Waals surface area contributed by atoms with Crippen molar-refractivity contribution in [1.82, 2.24) is 29.6 Å². The second kappa shape index (κ2) is 16.2. The normalized spacial score (nSPS) is 19.4. The van der Waals surface area contributed by atoms with E-state index < -0.39 is 0 Å². The van der Waals surface area contributed by atoms with Gasteiger partial charge >= 0.3 is 0 Å². The van der Waals surface area contributed by atoms with E-state index in [2.05, 4.69) is 58.4 Å². The second-order valence-corrected chi connectivity index (χ2v) is 15.7. The molecule has 0 saturated carbocycles. The highest BCUT2D eigenvalue weighted by atomic mass is 16.2. The lowest BCUT2D eigenvalue weighted by Crippen LogP contribution is -2.45. The van der Waals surface area contributed by atoms with Crippen LogP contribution in [-0.2, 0) is 9.59 Å². The first kappa shape index (κ1) is 37.3. The zero-order chi connectivity index (χ0) is 38.8. The molecule has 4 heterocycles. The van der Waals surface area contributed by atoms with Gasteiger partial charge in [0.15, 0.2) is 0 Å². The van der Waals surface area contributed by atoms with Crippen molar-refractivity contribution in [2.45, 2.75) is 56.3 Å². The second-order valence-electron chi connectivity index (χ2n) is 15.7. The number of allylic oxidation sites excluding steroid dienone is 1. The van der Waals surface area contributed by atoms with Crippen molar-refractivity contribution < 1.29 is 9.59 Å². The van der Waals surface area contributed by atoms with Gasteiger partial charge in [-0.3, -0.25) is 24.4 Å². The van der Waals surface area contributed by atoms with Crippen molar-refractivity contribution in [3.8, 4) is 22.4 Å². The Labute approximate surface area is 330 Å². The third-order valence-corrected chi connectivity index (χ3v) is 11.6. The molecule has 3 aliphatic rings. The number of imidazole rings is 1. The van der Waals surface area contributed by atoms with Gasteiger partial charge in [0.2, 0.25) is 11.8 Å². The number of amides is 2. The molecule has 9 nitrogen and oxygen atoms in total. The number of aromatic nitrogens is 2. The number of H-pyrrole nitrogens is 1. The van der Waals surface area contributed by atoms with Gasteiger partial charge in [0.25, 0.3) is 0 Å². The van der Waals surface area contributed by atoms with Crippen LogP contribution in [0.1, 0.15) is 72.7 Å². The molecule has 286 valence electrons. The molecule has 3 aliphatic heterocycles. The van der Waals surface area contributed by atoms with Crippen LogP contribution in [0, 0.1) is 0 Å². The molecule has 0 radical (unpaired) electrons. The average Bonchev–Trinajstić information content (AvgIpc) is 4.06. The van der Waals surface area contributed by atoms with Gasteiger partial charge in [0, 0.05) is 31.4 Å². The molecule has 5 aromatic rings. The summed E-state index contributed by atoms with van der Waals surface area (Å²) in [6.07, 6.45) is 8.40. The van der Waals surface area contributed by atoms with Gasteiger partial charge in [-0.05, 0) is 92.8 Å². The smallest absolute Gasteiger partial charge is 0.245 e. The van der Waals surface area contributed by atoms with Crippen molar-refractivity contribution in [2.75, 3.05) is 41.3 Å². The van der Waals surface area contributed by atoms with Crippen LogP contribution < -0.4 is 0 Å². The van der Waals surface area contributed by atoms with Crippen LogP contribution in [0.15, 0.2) is 127 Å². The van der Waals surface area contributed by atoms with E-state index in [1.165, 1.54) is 5.57 Å². The van der Waals surface area contributed by atoms with E-state index in [0.717, 1.165) is 95.8 Å². The van der Waals surface area contributed by atoms with Crippen LogP contribution in [0.25, 0.3) is 28.0 Å². The van der Waals surface area contributed by atoms with Crippen molar-refractivity contribution in [1.29, 1.82) is 0 Å². The Bertz CT molecular complexity index is 2210. The summed E-state index contributed by atoms with van der Waals surface area (Å²) >= 11 is 0. The number of hydrogen-bond donors (Lipinski definition) is 1. The highest BCUT2D eigenvalue weighted by Gasteiger charge is 2.39. The SMILES string of the molecule is CN(C)[C@@H](C(=O)N1CCC[C@H]1C1=NC=C(c2ccc(-c3ccc(-c4cnc([C@@H]5CCCN5C(=O)[C@@H](c5ccccc5)N(C)C)[nH]4)cc3)cc2)C1)c1ccccc1. The largest absolute Gasteiger partial charge is 0.340 e. The molecule has 1 aromatic heterocycles. The summed E-state index contributed by atoms with van der Waals surface area (Å²) in [5.41, 5.74) is 9.70. The standard InChI is InChI=1S/C47H51N7O2/c1-51(2)43(36-13-7-5-8-14-36)46(55)53-27-11-17-41(53)39-29-38(30-48-39)34-21-19-32(20-22-34)33-23-25-35(26-24-33)40-31-49-45(50-40)42-18-12-28-54(42)47(56)44(52(3)4)37-15-9-6-10-16-37/h5-10,13-16,19-26,30-31,41-44H,11-12,17-18,27-29H2,1-4H3,(H,49,50)/t41-,42-,43+,44+/m0/s1. The number of carbonyl (C=O) groups excluding carboxylic acids is 2. The highest BCUT2D eigenvalue weighted by Crippen LogP contribution is 2.36. The summed E-state index contributed by atoms with van der Waals surface area (Å²) in [5, 5.41) is 0. The van der Waals surface area contributed by atoms with Crippen LogP contribution in [0.3, 0.4) is 0 Å². The quantitative estimate of drug-likeness (QED) is 0.147. The lowest BCUT2D eigenvalue weighted by molar-refractivity contribution is -0.137. The van der Waals surface area contributed by atoms with Crippen molar-refractivity contribution in [3.05, 3.63) is 144 Å². The molecule has 2 amide bonds. The Balaban J connectivity index is 0.901. The lowest BCUT2D eigenvalue weighted by Gasteiger charge is -2.32. The summed E-state index contributed by atoms with van der Waals surface area (Å²) in [4.78, 5) is 49.2. The Hall–Kier alpha value is -5.64. The minimum Gasteiger partial charge on any atom is -0.340 e. The molecule has 2 fully saturated rings. The summed E-state index contributed by atoms with van der Waals surface area (Å²) in [6.45, 7) is 1.49. The first-order valence-corrected chi connectivity index (χ1v) is 19.8. The maximum absolute atomic E-state index is 13.9. The van der Waals surface area contributed by atoms with E-state index in [1.807, 2.05) is 116 Å². The summed E-state index contributed by atoms with van der Waals surface area (Å²) < 4.78 is 0. The maximum Gasteiger partial charge on any atom is 0.245 e. The molecule has 4 atom stereocenters. The third kappa shape index (κ3) is 7.49. The van der Waals surface area contributed by atoms with Gasteiger partial charge < -0.3 is 14.8 Å². The maximum atomic E-state index is 13.9. The number of likely N-dealkylation sites (tertiary alicyclic amines) is 2. The number of nitrogens with zero attached hydrogens (tertiary/aromatic N) is 6. The van der Waals surface area contributed by atoms with E-state index in [4.69, 9.17) is 9.98 Å². The molecule has 9 heteroatoms. The molecule has 56 heavy (non-hydrogen) atoms. The fraction of sp³-hybridized carbons (Fsp3) is 0.319. The minimum atomic E-state index is -0.338. The Kier molecular flexibility index (Phi) is 10.8. The third-order valence-electron chi connectivity index (χ3n) is 11.6. The fourth-order valence-electron chi connectivity index (χ4n) is 8.80. The monoisotopic (exact) mass is 745 g/mol. The van der Waals surface area contributed by atoms with E-state index in [-0.39, 0.29) is 36.0 Å². The van der Waals surface area contributed by atoms with Gasteiger partial charge in [-0.25, -0.2) is 4.98 Å². The van der Waals surface area contributed by atoms with Gasteiger partial charge in [-0.15, -0.1) is 0 Å². The number of benzene rings is 4. The lowest BCUT2D eigenvalue weighted by atomic mass is 9.96. The molecule has 0 spiro atoms. The first-order valence-electron chi connectivity index (χ1n) is 19.8. The number of nitrogens with one attached hydrogen (secondary N) is 1. The molecule has 8 rings (SSSR count). The number of aromatic amines is 1. The van der Waals surface area contributed by atoms with E-state index in [1.54, 1.807) is 0 Å². The Morgan fingerprint density at radius 2 is 1.12 bits per heavy atom.